The zero-order valence-electron chi connectivity index (χ0n) is 12.2. The molecule has 7 heteroatoms. The summed E-state index contributed by atoms with van der Waals surface area (Å²) in [6, 6.07) is -0.312. The van der Waals surface area contributed by atoms with Crippen molar-refractivity contribution in [3.63, 3.8) is 0 Å². The minimum Gasteiger partial charge on any atom is -0.481 e. The molecule has 1 aliphatic rings. The van der Waals surface area contributed by atoms with E-state index in [1.54, 1.807) is 25.8 Å². The van der Waals surface area contributed by atoms with Gasteiger partial charge in [0, 0.05) is 26.7 Å². The molecule has 0 aromatic rings. The number of nitrogens with zero attached hydrogens (tertiary/aromatic N) is 1. The molecule has 1 aliphatic heterocycles. The average molecular weight is 285 g/mol. The summed E-state index contributed by atoms with van der Waals surface area (Å²) in [4.78, 5) is 36.2. The highest BCUT2D eigenvalue weighted by Gasteiger charge is 2.31. The quantitative estimate of drug-likeness (QED) is 0.690. The molecule has 1 fully saturated rings. The molecule has 0 aliphatic carbocycles. The van der Waals surface area contributed by atoms with E-state index < -0.39 is 11.4 Å². The highest BCUT2D eigenvalue weighted by atomic mass is 16.4. The second-order valence-electron chi connectivity index (χ2n) is 5.75. The number of hydrogen-bond acceptors (Lipinski definition) is 3. The minimum atomic E-state index is -1.01. The van der Waals surface area contributed by atoms with Gasteiger partial charge in [0.1, 0.15) is 0 Å². The van der Waals surface area contributed by atoms with Crippen molar-refractivity contribution in [1.29, 1.82) is 0 Å². The maximum atomic E-state index is 12.0. The smallest absolute Gasteiger partial charge is 0.317 e. The molecule has 3 amide bonds. The van der Waals surface area contributed by atoms with Crippen molar-refractivity contribution in [2.24, 2.45) is 11.3 Å². The maximum absolute atomic E-state index is 12.0. The van der Waals surface area contributed by atoms with E-state index in [2.05, 4.69) is 10.6 Å². The van der Waals surface area contributed by atoms with Gasteiger partial charge in [0.2, 0.25) is 5.91 Å². The standard InChI is InChI=1S/C13H23N3O4/c1-13(2,11(18)19)8-15-12(20)16-6-4-5-9(7-16)10(17)14-3/h9H,4-8H2,1-3H3,(H,14,17)(H,15,20)(H,18,19). The molecule has 1 heterocycles. The van der Waals surface area contributed by atoms with Gasteiger partial charge >= 0.3 is 12.0 Å². The lowest BCUT2D eigenvalue weighted by Crippen LogP contribution is -2.50. The first kappa shape index (κ1) is 16.3. The SMILES string of the molecule is CNC(=O)C1CCCN(C(=O)NCC(C)(C)C(=O)O)C1. The summed E-state index contributed by atoms with van der Waals surface area (Å²) in [5, 5.41) is 14.2. The number of aliphatic carboxylic acids is 1. The molecule has 0 spiro atoms. The van der Waals surface area contributed by atoms with E-state index in [4.69, 9.17) is 5.11 Å². The molecule has 1 atom stereocenters. The van der Waals surface area contributed by atoms with Gasteiger partial charge in [-0.1, -0.05) is 0 Å². The number of hydrogen-bond donors (Lipinski definition) is 3. The minimum absolute atomic E-state index is 0.0578. The van der Waals surface area contributed by atoms with Gasteiger partial charge in [-0.3, -0.25) is 9.59 Å². The number of carbonyl (C=O) groups is 3. The van der Waals surface area contributed by atoms with Crippen molar-refractivity contribution in [3.05, 3.63) is 0 Å². The molecule has 1 rings (SSSR count). The molecule has 0 saturated carbocycles. The molecular weight excluding hydrogens is 262 g/mol. The number of carboxylic acids is 1. The molecular formula is C13H23N3O4. The molecule has 3 N–H and O–H groups in total. The van der Waals surface area contributed by atoms with Crippen molar-refractivity contribution in [1.82, 2.24) is 15.5 Å². The third-order valence-electron chi connectivity index (χ3n) is 3.59. The Balaban J connectivity index is 2.51. The van der Waals surface area contributed by atoms with Crippen LogP contribution >= 0.6 is 0 Å². The van der Waals surface area contributed by atoms with E-state index in [1.807, 2.05) is 0 Å². The van der Waals surface area contributed by atoms with Crippen LogP contribution in [0, 0.1) is 11.3 Å². The number of carbonyl (C=O) groups excluding carboxylic acids is 2. The summed E-state index contributed by atoms with van der Waals surface area (Å²) < 4.78 is 0. The number of rotatable bonds is 4. The van der Waals surface area contributed by atoms with Crippen LogP contribution in [0.5, 0.6) is 0 Å². The summed E-state index contributed by atoms with van der Waals surface area (Å²) in [6.45, 7) is 4.13. The zero-order valence-corrected chi connectivity index (χ0v) is 12.2. The first-order valence-corrected chi connectivity index (χ1v) is 6.75. The van der Waals surface area contributed by atoms with Gasteiger partial charge in [-0.05, 0) is 26.7 Å². The Labute approximate surface area is 118 Å². The number of piperidine rings is 1. The second-order valence-corrected chi connectivity index (χ2v) is 5.75. The predicted molar refractivity (Wildman–Crippen MR) is 73.2 cm³/mol. The van der Waals surface area contributed by atoms with Crippen LogP contribution < -0.4 is 10.6 Å². The number of amides is 3. The van der Waals surface area contributed by atoms with Gasteiger partial charge in [-0.2, -0.15) is 0 Å². The van der Waals surface area contributed by atoms with Gasteiger partial charge in [-0.15, -0.1) is 0 Å². The van der Waals surface area contributed by atoms with Crippen molar-refractivity contribution in [3.8, 4) is 0 Å². The fourth-order valence-electron chi connectivity index (χ4n) is 2.06. The molecule has 1 saturated heterocycles. The fraction of sp³-hybridized carbons (Fsp3) is 0.769. The lowest BCUT2D eigenvalue weighted by Gasteiger charge is -2.32. The van der Waals surface area contributed by atoms with Crippen LogP contribution in [0.2, 0.25) is 0 Å². The molecule has 20 heavy (non-hydrogen) atoms. The molecule has 0 aromatic heterocycles. The van der Waals surface area contributed by atoms with Crippen molar-refractivity contribution < 1.29 is 19.5 Å². The summed E-state index contributed by atoms with van der Waals surface area (Å²) >= 11 is 0. The Morgan fingerprint density at radius 3 is 2.55 bits per heavy atom. The second kappa shape index (κ2) is 6.58. The third kappa shape index (κ3) is 4.11. The number of nitrogens with one attached hydrogen (secondary N) is 2. The normalized spacial score (nSPS) is 19.4. The summed E-state index contributed by atoms with van der Waals surface area (Å²) in [6.07, 6.45) is 1.54. The summed E-state index contributed by atoms with van der Waals surface area (Å²) in [5.41, 5.74) is -1.01. The van der Waals surface area contributed by atoms with Crippen LogP contribution in [-0.4, -0.2) is 54.6 Å². The van der Waals surface area contributed by atoms with E-state index >= 15 is 0 Å². The van der Waals surface area contributed by atoms with E-state index in [0.717, 1.165) is 12.8 Å². The van der Waals surface area contributed by atoms with E-state index in [9.17, 15) is 14.4 Å². The zero-order chi connectivity index (χ0) is 15.3. The van der Waals surface area contributed by atoms with Gasteiger partial charge in [0.15, 0.2) is 0 Å². The van der Waals surface area contributed by atoms with Crippen molar-refractivity contribution in [2.45, 2.75) is 26.7 Å². The van der Waals surface area contributed by atoms with E-state index in [1.165, 1.54) is 0 Å². The third-order valence-corrected chi connectivity index (χ3v) is 3.59. The molecule has 0 bridgehead atoms. The number of likely N-dealkylation sites (tertiary alicyclic amines) is 1. The topological polar surface area (TPSA) is 98.7 Å². The van der Waals surface area contributed by atoms with E-state index in [-0.39, 0.29) is 24.4 Å². The molecule has 7 nitrogen and oxygen atoms in total. The van der Waals surface area contributed by atoms with E-state index in [0.29, 0.717) is 13.1 Å². The van der Waals surface area contributed by atoms with Gasteiger partial charge in [-0.25, -0.2) is 4.79 Å². The van der Waals surface area contributed by atoms with Gasteiger partial charge in [0.05, 0.1) is 11.3 Å². The Kier molecular flexibility index (Phi) is 5.35. The Morgan fingerprint density at radius 2 is 2.00 bits per heavy atom. The van der Waals surface area contributed by atoms with Crippen molar-refractivity contribution >= 4 is 17.9 Å². The van der Waals surface area contributed by atoms with Gasteiger partial charge < -0.3 is 20.6 Å². The fourth-order valence-corrected chi connectivity index (χ4v) is 2.06. The Morgan fingerprint density at radius 1 is 1.35 bits per heavy atom. The first-order chi connectivity index (χ1) is 9.27. The Bertz CT molecular complexity index is 395. The largest absolute Gasteiger partial charge is 0.481 e. The average Bonchev–Trinajstić information content (AvgIpc) is 2.43. The van der Waals surface area contributed by atoms with Crippen molar-refractivity contribution in [2.75, 3.05) is 26.7 Å². The van der Waals surface area contributed by atoms with Crippen LogP contribution in [0.15, 0.2) is 0 Å². The van der Waals surface area contributed by atoms with Crippen LogP contribution in [-0.2, 0) is 9.59 Å². The number of carboxylic acid groups (broad SMARTS) is 1. The van der Waals surface area contributed by atoms with Crippen LogP contribution in [0.25, 0.3) is 0 Å². The summed E-state index contributed by atoms with van der Waals surface area (Å²) in [7, 11) is 1.58. The summed E-state index contributed by atoms with van der Waals surface area (Å²) in [5.74, 6) is -1.21. The highest BCUT2D eigenvalue weighted by molar-refractivity contribution is 5.81. The first-order valence-electron chi connectivity index (χ1n) is 6.75. The van der Waals surface area contributed by atoms with Gasteiger partial charge in [0.25, 0.3) is 0 Å². The Hall–Kier alpha value is -1.79. The monoisotopic (exact) mass is 285 g/mol. The molecule has 114 valence electrons. The molecule has 1 unspecified atom stereocenters. The predicted octanol–water partition coefficient (Wildman–Crippen LogP) is 0.265. The lowest BCUT2D eigenvalue weighted by atomic mass is 9.94. The highest BCUT2D eigenvalue weighted by Crippen LogP contribution is 2.17. The molecule has 0 aromatic carbocycles. The number of urea groups is 1. The van der Waals surface area contributed by atoms with Crippen LogP contribution in [0.1, 0.15) is 26.7 Å². The molecule has 0 radical (unpaired) electrons. The van der Waals surface area contributed by atoms with Crippen LogP contribution in [0.3, 0.4) is 0 Å². The van der Waals surface area contributed by atoms with Crippen LogP contribution in [0.4, 0.5) is 4.79 Å². The maximum Gasteiger partial charge on any atom is 0.317 e. The lowest BCUT2D eigenvalue weighted by molar-refractivity contribution is -0.146.